The molecule has 3 nitrogen and oxygen atoms in total. The van der Waals surface area contributed by atoms with Crippen molar-refractivity contribution in [3.63, 3.8) is 0 Å². The minimum Gasteiger partial charge on any atom is -0.221 e. The summed E-state index contributed by atoms with van der Waals surface area (Å²) in [7, 11) is 0. The van der Waals surface area contributed by atoms with Crippen molar-refractivity contribution in [3.8, 4) is 0 Å². The van der Waals surface area contributed by atoms with E-state index in [9.17, 15) is 0 Å². The topological polar surface area (TPSA) is 49.7 Å². The van der Waals surface area contributed by atoms with E-state index in [2.05, 4.69) is 5.04 Å². The third kappa shape index (κ3) is 10.6. The molecule has 23 valence electrons. The molecule has 4 heavy (non-hydrogen) atoms. The van der Waals surface area contributed by atoms with Crippen molar-refractivity contribution >= 4 is 0 Å². The van der Waals surface area contributed by atoms with Crippen LogP contribution in [0.4, 0.5) is 0 Å². The molecule has 0 saturated carbocycles. The summed E-state index contributed by atoms with van der Waals surface area (Å²) < 4.78 is 0. The van der Waals surface area contributed by atoms with Gasteiger partial charge >= 0.3 is 0 Å². The van der Waals surface area contributed by atoms with E-state index in [1.807, 2.05) is 0 Å². The van der Waals surface area contributed by atoms with Crippen molar-refractivity contribution < 1.29 is 56.8 Å². The van der Waals surface area contributed by atoms with Gasteiger partial charge in [-0.3, -0.25) is 0 Å². The van der Waals surface area contributed by atoms with E-state index in [-0.39, 0.29) is 41.3 Å². The predicted octanol–water partition coefficient (Wildman–Crippen LogP) is -0.0510. The van der Waals surface area contributed by atoms with Gasteiger partial charge < -0.3 is 0 Å². The standard InChI is InChI=1S/H2O3.Pr/c1-3-2;/h1-2H;. The van der Waals surface area contributed by atoms with Gasteiger partial charge in [-0.2, -0.15) is 0 Å². The van der Waals surface area contributed by atoms with E-state index in [1.54, 1.807) is 0 Å². The molecule has 0 unspecified atom stereocenters. The Morgan fingerprint density at radius 3 is 1.25 bits per heavy atom. The van der Waals surface area contributed by atoms with Crippen molar-refractivity contribution in [2.24, 2.45) is 0 Å². The first-order chi connectivity index (χ1) is 1.41. The average Bonchev–Trinajstić information content (AvgIpc) is 0.918. The number of hydrogen-bond acceptors (Lipinski definition) is 3. The largest absolute Gasteiger partial charge is 0.221 e. The van der Waals surface area contributed by atoms with Crippen molar-refractivity contribution in [2.45, 2.75) is 0 Å². The van der Waals surface area contributed by atoms with E-state index >= 15 is 0 Å². The second-order valence-electron chi connectivity index (χ2n) is 0.0816. The second kappa shape index (κ2) is 8.87. The van der Waals surface area contributed by atoms with Crippen molar-refractivity contribution in [2.75, 3.05) is 0 Å². The molecule has 0 saturated heterocycles. The Morgan fingerprint density at radius 2 is 1.25 bits per heavy atom. The zero-order chi connectivity index (χ0) is 2.71. The molecule has 0 spiro atoms. The smallest absolute Gasteiger partial charge is 0 e. The maximum atomic E-state index is 6.62. The summed E-state index contributed by atoms with van der Waals surface area (Å²) in [5.74, 6) is 0. The van der Waals surface area contributed by atoms with Crippen LogP contribution in [0.5, 0.6) is 0 Å². The quantitative estimate of drug-likeness (QED) is 0.416. The fourth-order valence-corrected chi connectivity index (χ4v) is 0. The fraction of sp³-hybridized carbons (Fsp3) is 0. The molecule has 0 aliphatic carbocycles. The Bertz CT molecular complexity index is 3.25. The zero-order valence-corrected chi connectivity index (χ0v) is 5.58. The van der Waals surface area contributed by atoms with Gasteiger partial charge in [0, 0.05) is 41.3 Å². The van der Waals surface area contributed by atoms with Gasteiger partial charge in [0.15, 0.2) is 0 Å². The number of hydrogen-bond donors (Lipinski definition) is 2. The van der Waals surface area contributed by atoms with Crippen LogP contribution in [0.25, 0.3) is 0 Å². The summed E-state index contributed by atoms with van der Waals surface area (Å²) in [6, 6.07) is 0. The number of rotatable bonds is 0. The molecule has 2 N–H and O–H groups in total. The van der Waals surface area contributed by atoms with Gasteiger partial charge in [-0.15, -0.1) is 0 Å². The molecule has 0 aliphatic heterocycles. The Morgan fingerprint density at radius 1 is 1.25 bits per heavy atom. The Balaban J connectivity index is 0. The first-order valence-corrected chi connectivity index (χ1v) is 0.365. The van der Waals surface area contributed by atoms with E-state index in [0.717, 1.165) is 0 Å². The van der Waals surface area contributed by atoms with Crippen molar-refractivity contribution in [1.82, 2.24) is 0 Å². The van der Waals surface area contributed by atoms with E-state index < -0.39 is 0 Å². The minimum atomic E-state index is 0. The molecule has 0 bridgehead atoms. The SMILES string of the molecule is OOO.[Pr]. The fourth-order valence-electron chi connectivity index (χ4n) is 0. The maximum Gasteiger partial charge on any atom is 0 e. The summed E-state index contributed by atoms with van der Waals surface area (Å²) in [6.45, 7) is 0. The molecule has 0 aromatic heterocycles. The Hall–Kier alpha value is 1.24. The summed E-state index contributed by atoms with van der Waals surface area (Å²) in [5, 5.41) is 15.5. The van der Waals surface area contributed by atoms with E-state index in [4.69, 9.17) is 10.5 Å². The van der Waals surface area contributed by atoms with Crippen molar-refractivity contribution in [1.29, 1.82) is 0 Å². The third-order valence-corrected chi connectivity index (χ3v) is 0. The molecule has 4 heteroatoms. The Labute approximate surface area is 56.4 Å². The molecule has 0 aromatic carbocycles. The second-order valence-corrected chi connectivity index (χ2v) is 0.0816. The summed E-state index contributed by atoms with van der Waals surface area (Å²) in [5.41, 5.74) is 0. The summed E-state index contributed by atoms with van der Waals surface area (Å²) in [4.78, 5) is 0. The van der Waals surface area contributed by atoms with Gasteiger partial charge in [-0.1, -0.05) is 5.04 Å². The van der Waals surface area contributed by atoms with Gasteiger partial charge in [0.2, 0.25) is 0 Å². The van der Waals surface area contributed by atoms with Crippen LogP contribution in [0.2, 0.25) is 0 Å². The van der Waals surface area contributed by atoms with Crippen LogP contribution in [0.3, 0.4) is 0 Å². The predicted molar refractivity (Wildman–Crippen MR) is 6.34 cm³/mol. The molecular formula is H2O3Pr. The summed E-state index contributed by atoms with van der Waals surface area (Å²) in [6.07, 6.45) is 0. The van der Waals surface area contributed by atoms with Gasteiger partial charge in [0.05, 0.1) is 0 Å². The van der Waals surface area contributed by atoms with Gasteiger partial charge in [0.1, 0.15) is 0 Å². The van der Waals surface area contributed by atoms with Crippen LogP contribution in [0, 0.1) is 41.3 Å². The zero-order valence-electron chi connectivity index (χ0n) is 1.88. The van der Waals surface area contributed by atoms with Crippen LogP contribution in [0.15, 0.2) is 0 Å². The normalized spacial score (nSPS) is 4.50. The monoisotopic (exact) mass is 191 g/mol. The molecule has 0 amide bonds. The Kier molecular flexibility index (Phi) is 19.9. The molecule has 0 aliphatic rings. The average molecular weight is 191 g/mol. The van der Waals surface area contributed by atoms with Gasteiger partial charge in [-0.25, -0.2) is 10.5 Å². The van der Waals surface area contributed by atoms with Crippen LogP contribution < -0.4 is 0 Å². The first kappa shape index (κ1) is 8.98. The third-order valence-electron chi connectivity index (χ3n) is 0. The molecule has 1 radical (unpaired) electrons. The molecule has 0 fully saturated rings. The van der Waals surface area contributed by atoms with Crippen LogP contribution in [-0.4, -0.2) is 10.5 Å². The molecular weight excluding hydrogens is 189 g/mol. The molecule has 0 atom stereocenters. The molecule has 0 rings (SSSR count). The van der Waals surface area contributed by atoms with Crippen LogP contribution >= 0.6 is 0 Å². The van der Waals surface area contributed by atoms with Gasteiger partial charge in [0.25, 0.3) is 0 Å². The molecule has 0 heterocycles. The van der Waals surface area contributed by atoms with Crippen LogP contribution in [-0.2, 0) is 5.04 Å². The minimum absolute atomic E-state index is 0. The van der Waals surface area contributed by atoms with Crippen molar-refractivity contribution in [3.05, 3.63) is 0 Å². The first-order valence-electron chi connectivity index (χ1n) is 0.365. The maximum absolute atomic E-state index is 6.62. The van der Waals surface area contributed by atoms with E-state index in [1.165, 1.54) is 0 Å². The van der Waals surface area contributed by atoms with Crippen LogP contribution in [0.1, 0.15) is 0 Å². The van der Waals surface area contributed by atoms with Gasteiger partial charge in [-0.05, 0) is 0 Å². The molecule has 0 aromatic rings. The van der Waals surface area contributed by atoms with E-state index in [0.29, 0.717) is 0 Å². The summed E-state index contributed by atoms with van der Waals surface area (Å²) >= 11 is 0.